The zero-order valence-corrected chi connectivity index (χ0v) is 14.4. The van der Waals surface area contributed by atoms with Gasteiger partial charge in [-0.3, -0.25) is 4.98 Å². The van der Waals surface area contributed by atoms with E-state index in [1.807, 2.05) is 26.2 Å². The molecule has 6 heteroatoms. The second-order valence-corrected chi connectivity index (χ2v) is 6.21. The van der Waals surface area contributed by atoms with E-state index in [9.17, 15) is 0 Å². The number of rotatable bonds is 5. The van der Waals surface area contributed by atoms with Crippen molar-refractivity contribution < 1.29 is 0 Å². The fraction of sp³-hybridized carbons (Fsp3) is 0.438. The third-order valence-corrected chi connectivity index (χ3v) is 4.08. The first-order valence-electron chi connectivity index (χ1n) is 7.41. The van der Waals surface area contributed by atoms with Crippen LogP contribution in [-0.4, -0.2) is 34.4 Å². The summed E-state index contributed by atoms with van der Waals surface area (Å²) < 4.78 is 0. The molecule has 2 rings (SSSR count). The highest BCUT2D eigenvalue weighted by atomic mass is 32.1. The van der Waals surface area contributed by atoms with Crippen molar-refractivity contribution in [2.75, 3.05) is 13.6 Å². The first-order chi connectivity index (χ1) is 10.6. The van der Waals surface area contributed by atoms with Crippen LogP contribution in [0.25, 0.3) is 0 Å². The Morgan fingerprint density at radius 1 is 1.41 bits per heavy atom. The van der Waals surface area contributed by atoms with Gasteiger partial charge < -0.3 is 10.2 Å². The maximum Gasteiger partial charge on any atom is 0.194 e. The third-order valence-electron chi connectivity index (χ3n) is 3.26. The Morgan fingerprint density at radius 2 is 2.23 bits per heavy atom. The van der Waals surface area contributed by atoms with Crippen molar-refractivity contribution in [2.45, 2.75) is 33.9 Å². The Balaban J connectivity index is 2.07. The largest absolute Gasteiger partial charge is 0.357 e. The molecule has 0 fully saturated rings. The van der Waals surface area contributed by atoms with Gasteiger partial charge in [-0.05, 0) is 32.4 Å². The average Bonchev–Trinajstić information content (AvgIpc) is 2.90. The number of aliphatic imine (C=N–C) groups is 1. The molecule has 0 saturated heterocycles. The number of hydrogen-bond donors (Lipinski definition) is 1. The lowest BCUT2D eigenvalue weighted by Crippen LogP contribution is -2.38. The summed E-state index contributed by atoms with van der Waals surface area (Å²) in [6.07, 6.45) is 1.81. The van der Waals surface area contributed by atoms with Crippen molar-refractivity contribution in [1.82, 2.24) is 20.2 Å². The lowest BCUT2D eigenvalue weighted by atomic mass is 10.2. The van der Waals surface area contributed by atoms with Crippen LogP contribution in [0.2, 0.25) is 0 Å². The van der Waals surface area contributed by atoms with Gasteiger partial charge in [0.25, 0.3) is 0 Å². The highest BCUT2D eigenvalue weighted by Crippen LogP contribution is 2.10. The number of thiazole rings is 1. The van der Waals surface area contributed by atoms with Gasteiger partial charge in [-0.15, -0.1) is 11.3 Å². The summed E-state index contributed by atoms with van der Waals surface area (Å²) in [4.78, 5) is 15.7. The Hall–Kier alpha value is -1.95. The Kier molecular flexibility index (Phi) is 5.89. The lowest BCUT2D eigenvalue weighted by molar-refractivity contribution is 0.470. The van der Waals surface area contributed by atoms with E-state index in [-0.39, 0.29) is 0 Å². The maximum atomic E-state index is 4.69. The summed E-state index contributed by atoms with van der Waals surface area (Å²) in [5, 5.41) is 6.51. The first kappa shape index (κ1) is 16.4. The van der Waals surface area contributed by atoms with Gasteiger partial charge in [-0.1, -0.05) is 6.07 Å². The number of aromatic nitrogens is 2. The molecule has 0 amide bonds. The maximum absolute atomic E-state index is 4.69. The molecule has 0 aliphatic heterocycles. The molecule has 0 aliphatic rings. The minimum atomic E-state index is 0.579. The monoisotopic (exact) mass is 317 g/mol. The second kappa shape index (κ2) is 7.89. The van der Waals surface area contributed by atoms with E-state index in [4.69, 9.17) is 4.99 Å². The van der Waals surface area contributed by atoms with Crippen molar-refractivity contribution in [2.24, 2.45) is 4.99 Å². The van der Waals surface area contributed by atoms with E-state index in [0.717, 1.165) is 35.4 Å². The van der Waals surface area contributed by atoms with E-state index in [0.29, 0.717) is 6.54 Å². The number of hydrogen-bond acceptors (Lipinski definition) is 4. The van der Waals surface area contributed by atoms with Crippen LogP contribution >= 0.6 is 11.3 Å². The second-order valence-electron chi connectivity index (χ2n) is 5.15. The molecule has 0 spiro atoms. The predicted molar refractivity (Wildman–Crippen MR) is 92.1 cm³/mol. The zero-order chi connectivity index (χ0) is 15.9. The van der Waals surface area contributed by atoms with Crippen LogP contribution in [0, 0.1) is 13.8 Å². The van der Waals surface area contributed by atoms with E-state index >= 15 is 0 Å². The standard InChI is InChI=1S/C16H23N5S/c1-5-17-16(19-9-15-12(2)7-6-8-18-15)21(4)10-14-11-22-13(3)20-14/h6-8,11H,5,9-10H2,1-4H3,(H,17,19). The van der Waals surface area contributed by atoms with E-state index in [1.165, 1.54) is 5.56 Å². The molecule has 0 bridgehead atoms. The van der Waals surface area contributed by atoms with Crippen molar-refractivity contribution >= 4 is 17.3 Å². The highest BCUT2D eigenvalue weighted by molar-refractivity contribution is 7.09. The van der Waals surface area contributed by atoms with Crippen LogP contribution in [0.5, 0.6) is 0 Å². The molecular formula is C16H23N5S. The third kappa shape index (κ3) is 4.53. The fourth-order valence-corrected chi connectivity index (χ4v) is 2.71. The number of guanidine groups is 1. The van der Waals surface area contributed by atoms with Crippen molar-refractivity contribution in [3.8, 4) is 0 Å². The van der Waals surface area contributed by atoms with Crippen LogP contribution < -0.4 is 5.32 Å². The van der Waals surface area contributed by atoms with E-state index < -0.39 is 0 Å². The number of nitrogens with one attached hydrogen (secondary N) is 1. The molecular weight excluding hydrogens is 294 g/mol. The molecule has 0 radical (unpaired) electrons. The topological polar surface area (TPSA) is 53.4 Å². The van der Waals surface area contributed by atoms with Gasteiger partial charge in [0.2, 0.25) is 0 Å². The summed E-state index contributed by atoms with van der Waals surface area (Å²) in [5.74, 6) is 0.873. The zero-order valence-electron chi connectivity index (χ0n) is 13.6. The van der Waals surface area contributed by atoms with Gasteiger partial charge in [0.15, 0.2) is 5.96 Å². The number of nitrogens with zero attached hydrogens (tertiary/aromatic N) is 4. The Bertz CT molecular complexity index is 635. The van der Waals surface area contributed by atoms with Crippen molar-refractivity contribution in [1.29, 1.82) is 0 Å². The van der Waals surface area contributed by atoms with Gasteiger partial charge in [0.05, 0.1) is 29.5 Å². The van der Waals surface area contributed by atoms with Gasteiger partial charge in [0.1, 0.15) is 0 Å². The summed E-state index contributed by atoms with van der Waals surface area (Å²) >= 11 is 1.68. The summed E-state index contributed by atoms with van der Waals surface area (Å²) in [7, 11) is 2.03. The number of aryl methyl sites for hydroxylation is 2. The molecule has 2 aromatic rings. The SMILES string of the molecule is CCNC(=NCc1ncccc1C)N(C)Cc1csc(C)n1. The quantitative estimate of drug-likeness (QED) is 0.680. The fourth-order valence-electron chi connectivity index (χ4n) is 2.10. The molecule has 22 heavy (non-hydrogen) atoms. The van der Waals surface area contributed by atoms with Gasteiger partial charge in [-0.25, -0.2) is 9.98 Å². The average molecular weight is 317 g/mol. The molecule has 0 unspecified atom stereocenters. The van der Waals surface area contributed by atoms with Gasteiger partial charge in [-0.2, -0.15) is 0 Å². The Morgan fingerprint density at radius 3 is 2.86 bits per heavy atom. The normalized spacial score (nSPS) is 11.5. The molecule has 0 saturated carbocycles. The molecule has 1 N–H and O–H groups in total. The smallest absolute Gasteiger partial charge is 0.194 e. The van der Waals surface area contributed by atoms with Crippen molar-refractivity contribution in [3.05, 3.63) is 45.7 Å². The van der Waals surface area contributed by atoms with Crippen LogP contribution in [0.15, 0.2) is 28.7 Å². The molecule has 2 aromatic heterocycles. The molecule has 0 aliphatic carbocycles. The molecule has 0 aromatic carbocycles. The summed E-state index contributed by atoms with van der Waals surface area (Å²) in [6.45, 7) is 8.32. The van der Waals surface area contributed by atoms with E-state index in [2.05, 4.69) is 45.5 Å². The minimum absolute atomic E-state index is 0.579. The summed E-state index contributed by atoms with van der Waals surface area (Å²) in [6, 6.07) is 4.01. The van der Waals surface area contributed by atoms with Gasteiger partial charge >= 0.3 is 0 Å². The number of pyridine rings is 1. The molecule has 118 valence electrons. The van der Waals surface area contributed by atoms with Crippen LogP contribution in [0.1, 0.15) is 28.9 Å². The lowest BCUT2D eigenvalue weighted by Gasteiger charge is -2.21. The highest BCUT2D eigenvalue weighted by Gasteiger charge is 2.09. The van der Waals surface area contributed by atoms with Crippen LogP contribution in [-0.2, 0) is 13.1 Å². The minimum Gasteiger partial charge on any atom is -0.357 e. The molecule has 0 atom stereocenters. The van der Waals surface area contributed by atoms with Crippen LogP contribution in [0.3, 0.4) is 0 Å². The predicted octanol–water partition coefficient (Wildman–Crippen LogP) is 2.75. The first-order valence-corrected chi connectivity index (χ1v) is 8.29. The molecule has 5 nitrogen and oxygen atoms in total. The Labute approximate surface area is 136 Å². The summed E-state index contributed by atoms with van der Waals surface area (Å²) in [5.41, 5.74) is 3.25. The molecule has 2 heterocycles. The van der Waals surface area contributed by atoms with E-state index in [1.54, 1.807) is 11.3 Å². The van der Waals surface area contributed by atoms with Gasteiger partial charge in [0, 0.05) is 25.2 Å². The van der Waals surface area contributed by atoms with Crippen LogP contribution in [0.4, 0.5) is 0 Å². The van der Waals surface area contributed by atoms with Crippen molar-refractivity contribution in [3.63, 3.8) is 0 Å².